The van der Waals surface area contributed by atoms with E-state index in [1.807, 2.05) is 30.3 Å². The van der Waals surface area contributed by atoms with Gasteiger partial charge in [-0.25, -0.2) is 0 Å². The Bertz CT molecular complexity index is 981. The molecule has 0 aliphatic heterocycles. The Morgan fingerprint density at radius 1 is 0.929 bits per heavy atom. The highest BCUT2D eigenvalue weighted by molar-refractivity contribution is 5.98. The Morgan fingerprint density at radius 2 is 1.61 bits per heavy atom. The zero-order valence-electron chi connectivity index (χ0n) is 15.2. The molecule has 2 aromatic carbocycles. The van der Waals surface area contributed by atoms with E-state index in [2.05, 4.69) is 26.4 Å². The maximum Gasteiger partial charge on any atom is 0.287 e. The predicted octanol–water partition coefficient (Wildman–Crippen LogP) is 1.79. The normalized spacial score (nSPS) is 10.2. The molecule has 0 fully saturated rings. The molecule has 3 aromatic rings. The lowest BCUT2D eigenvalue weighted by Crippen LogP contribution is -2.41. The quantitative estimate of drug-likeness (QED) is 0.507. The van der Waals surface area contributed by atoms with Crippen molar-refractivity contribution in [2.75, 3.05) is 0 Å². The number of carbonyl (C=O) groups excluding carboxylic acids is 3. The average molecular weight is 377 g/mol. The van der Waals surface area contributed by atoms with Crippen molar-refractivity contribution in [3.8, 4) is 11.3 Å². The van der Waals surface area contributed by atoms with Crippen molar-refractivity contribution in [2.24, 2.45) is 0 Å². The van der Waals surface area contributed by atoms with E-state index in [-0.39, 0.29) is 11.6 Å². The Morgan fingerprint density at radius 3 is 2.29 bits per heavy atom. The SMILES string of the molecule is CC(=O)NCc1ccc(C(=O)NNC(=O)c2cc(-c3ccccc3)n[nH]2)cc1. The van der Waals surface area contributed by atoms with Gasteiger partial charge in [0, 0.05) is 24.6 Å². The zero-order valence-corrected chi connectivity index (χ0v) is 15.2. The molecule has 0 spiro atoms. The first-order chi connectivity index (χ1) is 13.5. The molecule has 3 amide bonds. The number of rotatable bonds is 5. The van der Waals surface area contributed by atoms with E-state index in [4.69, 9.17) is 0 Å². The van der Waals surface area contributed by atoms with Crippen LogP contribution in [0.5, 0.6) is 0 Å². The van der Waals surface area contributed by atoms with Gasteiger partial charge in [0.25, 0.3) is 11.8 Å². The molecule has 3 rings (SSSR count). The fourth-order valence-electron chi connectivity index (χ4n) is 2.45. The first kappa shape index (κ1) is 18.8. The second-order valence-corrected chi connectivity index (χ2v) is 6.05. The van der Waals surface area contributed by atoms with E-state index < -0.39 is 11.8 Å². The average Bonchev–Trinajstić information content (AvgIpc) is 3.21. The van der Waals surface area contributed by atoms with E-state index in [9.17, 15) is 14.4 Å². The summed E-state index contributed by atoms with van der Waals surface area (Å²) in [4.78, 5) is 35.3. The second-order valence-electron chi connectivity index (χ2n) is 6.05. The van der Waals surface area contributed by atoms with Gasteiger partial charge in [-0.15, -0.1) is 0 Å². The Balaban J connectivity index is 1.55. The van der Waals surface area contributed by atoms with Crippen molar-refractivity contribution < 1.29 is 14.4 Å². The van der Waals surface area contributed by atoms with Gasteiger partial charge in [-0.2, -0.15) is 5.10 Å². The topological polar surface area (TPSA) is 116 Å². The number of hydrogen-bond donors (Lipinski definition) is 4. The van der Waals surface area contributed by atoms with E-state index >= 15 is 0 Å². The molecule has 0 aliphatic carbocycles. The van der Waals surface area contributed by atoms with Gasteiger partial charge in [0.05, 0.1) is 5.69 Å². The van der Waals surface area contributed by atoms with E-state index in [1.165, 1.54) is 6.92 Å². The third-order valence-electron chi connectivity index (χ3n) is 3.94. The number of aromatic nitrogens is 2. The van der Waals surface area contributed by atoms with E-state index in [0.717, 1.165) is 11.1 Å². The smallest absolute Gasteiger partial charge is 0.287 e. The lowest BCUT2D eigenvalue weighted by Gasteiger charge is -2.07. The standard InChI is InChI=1S/C20H19N5O3/c1-13(26)21-12-14-7-9-16(10-8-14)19(27)24-25-20(28)18-11-17(22-23-18)15-5-3-2-4-6-15/h2-11H,12H2,1H3,(H,21,26)(H,22,23)(H,24,27)(H,25,28). The minimum absolute atomic E-state index is 0.126. The van der Waals surface area contributed by atoms with Crippen LogP contribution < -0.4 is 16.2 Å². The largest absolute Gasteiger partial charge is 0.352 e. The van der Waals surface area contributed by atoms with Crippen LogP contribution in [-0.2, 0) is 11.3 Å². The molecule has 0 saturated heterocycles. The fourth-order valence-corrected chi connectivity index (χ4v) is 2.45. The van der Waals surface area contributed by atoms with Crippen molar-refractivity contribution in [2.45, 2.75) is 13.5 Å². The summed E-state index contributed by atoms with van der Waals surface area (Å²) in [6, 6.07) is 17.7. The van der Waals surface area contributed by atoms with Crippen LogP contribution >= 0.6 is 0 Å². The number of hydrazine groups is 1. The summed E-state index contributed by atoms with van der Waals surface area (Å²) in [6.45, 7) is 1.82. The minimum Gasteiger partial charge on any atom is -0.352 e. The van der Waals surface area contributed by atoms with Crippen LogP contribution in [0.15, 0.2) is 60.7 Å². The molecule has 0 saturated carbocycles. The molecule has 0 aliphatic rings. The van der Waals surface area contributed by atoms with Crippen molar-refractivity contribution >= 4 is 17.7 Å². The molecule has 0 unspecified atom stereocenters. The molecule has 8 nitrogen and oxygen atoms in total. The molecular formula is C20H19N5O3. The maximum atomic E-state index is 12.2. The molecule has 142 valence electrons. The molecule has 1 aromatic heterocycles. The van der Waals surface area contributed by atoms with Gasteiger partial charge < -0.3 is 5.32 Å². The summed E-state index contributed by atoms with van der Waals surface area (Å²) in [7, 11) is 0. The van der Waals surface area contributed by atoms with Crippen molar-refractivity contribution in [3.63, 3.8) is 0 Å². The first-order valence-electron chi connectivity index (χ1n) is 8.58. The molecular weight excluding hydrogens is 358 g/mol. The van der Waals surface area contributed by atoms with Crippen LogP contribution in [0.3, 0.4) is 0 Å². The van der Waals surface area contributed by atoms with E-state index in [1.54, 1.807) is 30.3 Å². The van der Waals surface area contributed by atoms with Crippen LogP contribution in [0.25, 0.3) is 11.3 Å². The van der Waals surface area contributed by atoms with Crippen LogP contribution in [0.4, 0.5) is 0 Å². The molecule has 4 N–H and O–H groups in total. The number of nitrogens with zero attached hydrogens (tertiary/aromatic N) is 1. The zero-order chi connectivity index (χ0) is 19.9. The third-order valence-corrected chi connectivity index (χ3v) is 3.94. The van der Waals surface area contributed by atoms with Gasteiger partial charge in [-0.1, -0.05) is 42.5 Å². The lowest BCUT2D eigenvalue weighted by atomic mass is 10.1. The van der Waals surface area contributed by atoms with Gasteiger partial charge in [0.15, 0.2) is 0 Å². The number of benzene rings is 2. The Labute approximate surface area is 161 Å². The fraction of sp³-hybridized carbons (Fsp3) is 0.100. The van der Waals surface area contributed by atoms with Crippen LogP contribution in [0.1, 0.15) is 33.3 Å². The summed E-state index contributed by atoms with van der Waals surface area (Å²) in [6.07, 6.45) is 0. The second kappa shape index (κ2) is 8.63. The highest BCUT2D eigenvalue weighted by Crippen LogP contribution is 2.16. The van der Waals surface area contributed by atoms with Crippen molar-refractivity contribution in [1.29, 1.82) is 0 Å². The number of carbonyl (C=O) groups is 3. The maximum absolute atomic E-state index is 12.2. The van der Waals surface area contributed by atoms with Crippen LogP contribution in [-0.4, -0.2) is 27.9 Å². The predicted molar refractivity (Wildman–Crippen MR) is 103 cm³/mol. The number of nitrogens with one attached hydrogen (secondary N) is 4. The number of aromatic amines is 1. The van der Waals surface area contributed by atoms with Gasteiger partial charge >= 0.3 is 0 Å². The van der Waals surface area contributed by atoms with Gasteiger partial charge in [-0.05, 0) is 23.8 Å². The molecule has 8 heteroatoms. The summed E-state index contributed by atoms with van der Waals surface area (Å²) < 4.78 is 0. The van der Waals surface area contributed by atoms with Crippen molar-refractivity contribution in [3.05, 3.63) is 77.5 Å². The van der Waals surface area contributed by atoms with E-state index in [0.29, 0.717) is 17.8 Å². The van der Waals surface area contributed by atoms with Gasteiger partial charge in [0.1, 0.15) is 5.69 Å². The molecule has 0 atom stereocenters. The summed E-state index contributed by atoms with van der Waals surface area (Å²) >= 11 is 0. The number of amides is 3. The Kier molecular flexibility index (Phi) is 5.81. The summed E-state index contributed by atoms with van der Waals surface area (Å²) in [5, 5.41) is 9.43. The number of H-pyrrole nitrogens is 1. The number of hydrogen-bond acceptors (Lipinski definition) is 4. The summed E-state index contributed by atoms with van der Waals surface area (Å²) in [5.74, 6) is -1.09. The highest BCUT2D eigenvalue weighted by Gasteiger charge is 2.12. The monoisotopic (exact) mass is 377 g/mol. The highest BCUT2D eigenvalue weighted by atomic mass is 16.2. The molecule has 0 bridgehead atoms. The Hall–Kier alpha value is -3.94. The molecule has 28 heavy (non-hydrogen) atoms. The molecule has 0 radical (unpaired) electrons. The minimum atomic E-state index is -0.509. The van der Waals surface area contributed by atoms with Crippen LogP contribution in [0, 0.1) is 0 Å². The summed E-state index contributed by atoms with van der Waals surface area (Å²) in [5.41, 5.74) is 7.68. The van der Waals surface area contributed by atoms with Gasteiger partial charge in [0.2, 0.25) is 5.91 Å². The van der Waals surface area contributed by atoms with Crippen LogP contribution in [0.2, 0.25) is 0 Å². The first-order valence-corrected chi connectivity index (χ1v) is 8.58. The lowest BCUT2D eigenvalue weighted by molar-refractivity contribution is -0.119. The molecule has 1 heterocycles. The third kappa shape index (κ3) is 4.82. The van der Waals surface area contributed by atoms with Crippen molar-refractivity contribution in [1.82, 2.24) is 26.4 Å². The van der Waals surface area contributed by atoms with Gasteiger partial charge in [-0.3, -0.25) is 30.3 Å².